The maximum atomic E-state index is 12.8. The molecule has 1 atom stereocenters. The van der Waals surface area contributed by atoms with Crippen LogP contribution in [0.1, 0.15) is 46.5 Å². The fraction of sp³-hybridized carbons (Fsp3) is 1.00. The molecule has 1 nitrogen and oxygen atoms in total. The van der Waals surface area contributed by atoms with Gasteiger partial charge in [0.25, 0.3) is 0 Å². The van der Waals surface area contributed by atoms with Crippen LogP contribution in [-0.4, -0.2) is 12.7 Å². The molecule has 0 N–H and O–H groups in total. The zero-order chi connectivity index (χ0) is 10.3. The molecule has 0 radical (unpaired) electrons. The van der Waals surface area contributed by atoms with Gasteiger partial charge in [0.05, 0.1) is 6.61 Å². The van der Waals surface area contributed by atoms with Crippen LogP contribution in [0.5, 0.6) is 0 Å². The first-order chi connectivity index (χ1) is 6.02. The quantitative estimate of drug-likeness (QED) is 0.598. The van der Waals surface area contributed by atoms with E-state index in [-0.39, 0.29) is 13.0 Å². The third kappa shape index (κ3) is 6.94. The molecule has 0 aromatic rings. The van der Waals surface area contributed by atoms with Gasteiger partial charge in [-0.05, 0) is 19.3 Å². The summed E-state index contributed by atoms with van der Waals surface area (Å²) in [5, 5.41) is 0. The number of rotatable bonds is 7. The van der Waals surface area contributed by atoms with E-state index in [4.69, 9.17) is 0 Å². The van der Waals surface area contributed by atoms with Gasteiger partial charge in [0.2, 0.25) is 0 Å². The summed E-state index contributed by atoms with van der Waals surface area (Å²) in [6.07, 6.45) is -0.602. The first-order valence-electron chi connectivity index (χ1n) is 5.03. The predicted octanol–water partition coefficient (Wildman–Crippen LogP) is 3.83. The lowest BCUT2D eigenvalue weighted by Gasteiger charge is -2.16. The highest BCUT2D eigenvalue weighted by molar-refractivity contribution is 4.56. The highest BCUT2D eigenvalue weighted by atomic mass is 19.3. The van der Waals surface area contributed by atoms with Crippen LogP contribution in [0.25, 0.3) is 0 Å². The molecular formula is C10H20F2O. The SMILES string of the molecule is CCOC(F)(F)CCCC(C)CC. The van der Waals surface area contributed by atoms with Crippen molar-refractivity contribution in [2.24, 2.45) is 5.92 Å². The van der Waals surface area contributed by atoms with Crippen LogP contribution in [0.2, 0.25) is 0 Å². The molecule has 0 amide bonds. The summed E-state index contributed by atoms with van der Waals surface area (Å²) in [7, 11) is 0. The molecule has 0 rings (SSSR count). The van der Waals surface area contributed by atoms with Crippen molar-refractivity contribution >= 4 is 0 Å². The Morgan fingerprint density at radius 2 is 1.92 bits per heavy atom. The number of ether oxygens (including phenoxy) is 1. The highest BCUT2D eigenvalue weighted by Crippen LogP contribution is 2.24. The minimum absolute atomic E-state index is 0.0797. The number of halogens is 2. The van der Waals surface area contributed by atoms with Crippen molar-refractivity contribution in [1.29, 1.82) is 0 Å². The normalized spacial score (nSPS) is 14.5. The van der Waals surface area contributed by atoms with Crippen LogP contribution >= 0.6 is 0 Å². The molecule has 0 saturated carbocycles. The smallest absolute Gasteiger partial charge is 0.321 e. The summed E-state index contributed by atoms with van der Waals surface area (Å²) in [5.41, 5.74) is 0. The average Bonchev–Trinajstić information content (AvgIpc) is 2.03. The molecule has 1 unspecified atom stereocenters. The van der Waals surface area contributed by atoms with Gasteiger partial charge >= 0.3 is 6.11 Å². The molecule has 0 aliphatic rings. The molecule has 0 aromatic heterocycles. The zero-order valence-corrected chi connectivity index (χ0v) is 8.78. The largest absolute Gasteiger partial charge is 0.355 e. The minimum Gasteiger partial charge on any atom is -0.321 e. The molecule has 0 heterocycles. The Morgan fingerprint density at radius 3 is 2.38 bits per heavy atom. The minimum atomic E-state index is -2.91. The molecule has 0 aromatic carbocycles. The van der Waals surface area contributed by atoms with E-state index >= 15 is 0 Å². The predicted molar refractivity (Wildman–Crippen MR) is 49.9 cm³/mol. The fourth-order valence-corrected chi connectivity index (χ4v) is 1.14. The van der Waals surface area contributed by atoms with Crippen molar-refractivity contribution in [3.8, 4) is 0 Å². The molecule has 0 fully saturated rings. The average molecular weight is 194 g/mol. The fourth-order valence-electron chi connectivity index (χ4n) is 1.14. The van der Waals surface area contributed by atoms with Crippen molar-refractivity contribution in [3.63, 3.8) is 0 Å². The van der Waals surface area contributed by atoms with E-state index in [0.717, 1.165) is 12.8 Å². The Kier molecular flexibility index (Phi) is 6.21. The number of alkyl halides is 2. The second-order valence-electron chi connectivity index (χ2n) is 3.48. The Bertz CT molecular complexity index is 126. The van der Waals surface area contributed by atoms with Gasteiger partial charge in [-0.15, -0.1) is 0 Å². The summed E-state index contributed by atoms with van der Waals surface area (Å²) in [5.74, 6) is 0.539. The summed E-state index contributed by atoms with van der Waals surface area (Å²) >= 11 is 0. The van der Waals surface area contributed by atoms with Gasteiger partial charge in [-0.2, -0.15) is 8.78 Å². The van der Waals surface area contributed by atoms with Gasteiger partial charge in [-0.25, -0.2) is 0 Å². The van der Waals surface area contributed by atoms with Gasteiger partial charge < -0.3 is 4.74 Å². The van der Waals surface area contributed by atoms with Crippen LogP contribution in [0.15, 0.2) is 0 Å². The maximum Gasteiger partial charge on any atom is 0.355 e. The molecular weight excluding hydrogens is 174 g/mol. The number of hydrogen-bond donors (Lipinski definition) is 0. The van der Waals surface area contributed by atoms with Crippen molar-refractivity contribution in [3.05, 3.63) is 0 Å². The Hall–Kier alpha value is -0.180. The van der Waals surface area contributed by atoms with Gasteiger partial charge in [-0.3, -0.25) is 0 Å². The Labute approximate surface area is 79.5 Å². The molecule has 0 aliphatic carbocycles. The van der Waals surface area contributed by atoms with Gasteiger partial charge in [-0.1, -0.05) is 26.7 Å². The van der Waals surface area contributed by atoms with E-state index in [1.807, 2.05) is 0 Å². The van der Waals surface area contributed by atoms with Crippen molar-refractivity contribution < 1.29 is 13.5 Å². The van der Waals surface area contributed by atoms with Crippen molar-refractivity contribution in [1.82, 2.24) is 0 Å². The first kappa shape index (κ1) is 12.8. The first-order valence-corrected chi connectivity index (χ1v) is 5.03. The van der Waals surface area contributed by atoms with Crippen LogP contribution in [0.4, 0.5) is 8.78 Å². The molecule has 3 heteroatoms. The third-order valence-corrected chi connectivity index (χ3v) is 2.22. The monoisotopic (exact) mass is 194 g/mol. The molecule has 0 spiro atoms. The van der Waals surface area contributed by atoms with E-state index in [1.165, 1.54) is 0 Å². The third-order valence-electron chi connectivity index (χ3n) is 2.22. The topological polar surface area (TPSA) is 9.23 Å². The standard InChI is InChI=1S/C10H20F2O/c1-4-9(3)7-6-8-10(11,12)13-5-2/h9H,4-8H2,1-3H3. The van der Waals surface area contributed by atoms with Crippen LogP contribution < -0.4 is 0 Å². The Balaban J connectivity index is 3.50. The van der Waals surface area contributed by atoms with E-state index in [0.29, 0.717) is 12.3 Å². The van der Waals surface area contributed by atoms with Gasteiger partial charge in [0.15, 0.2) is 0 Å². The van der Waals surface area contributed by atoms with E-state index in [2.05, 4.69) is 18.6 Å². The van der Waals surface area contributed by atoms with Crippen molar-refractivity contribution in [2.75, 3.05) is 6.61 Å². The Morgan fingerprint density at radius 1 is 1.31 bits per heavy atom. The molecule has 0 aliphatic heterocycles. The van der Waals surface area contributed by atoms with Crippen LogP contribution in [0, 0.1) is 5.92 Å². The van der Waals surface area contributed by atoms with E-state index in [1.54, 1.807) is 6.92 Å². The van der Waals surface area contributed by atoms with Crippen molar-refractivity contribution in [2.45, 2.75) is 52.6 Å². The van der Waals surface area contributed by atoms with Crippen LogP contribution in [0.3, 0.4) is 0 Å². The molecule has 0 bridgehead atoms. The summed E-state index contributed by atoms with van der Waals surface area (Å²) in [6.45, 7) is 5.82. The lowest BCUT2D eigenvalue weighted by molar-refractivity contribution is -0.240. The second-order valence-corrected chi connectivity index (χ2v) is 3.48. The van der Waals surface area contributed by atoms with Gasteiger partial charge in [0.1, 0.15) is 0 Å². The lowest BCUT2D eigenvalue weighted by atomic mass is 10.0. The molecule has 80 valence electrons. The molecule has 13 heavy (non-hydrogen) atoms. The maximum absolute atomic E-state index is 12.8. The second kappa shape index (κ2) is 6.30. The summed E-state index contributed by atoms with van der Waals surface area (Å²) in [4.78, 5) is 0. The summed E-state index contributed by atoms with van der Waals surface area (Å²) in [6, 6.07) is 0. The summed E-state index contributed by atoms with van der Waals surface area (Å²) < 4.78 is 29.8. The van der Waals surface area contributed by atoms with E-state index < -0.39 is 6.11 Å². The highest BCUT2D eigenvalue weighted by Gasteiger charge is 2.28. The lowest BCUT2D eigenvalue weighted by Crippen LogP contribution is -2.20. The van der Waals surface area contributed by atoms with Crippen LogP contribution in [-0.2, 0) is 4.74 Å². The molecule has 0 saturated heterocycles. The van der Waals surface area contributed by atoms with E-state index in [9.17, 15) is 8.78 Å². The van der Waals surface area contributed by atoms with Gasteiger partial charge in [0, 0.05) is 6.42 Å². The number of hydrogen-bond acceptors (Lipinski definition) is 1. The zero-order valence-electron chi connectivity index (χ0n) is 8.78.